The Morgan fingerprint density at radius 1 is 1.20 bits per heavy atom. The highest BCUT2D eigenvalue weighted by Crippen LogP contribution is 2.18. The summed E-state index contributed by atoms with van der Waals surface area (Å²) in [4.78, 5) is 0. The molecule has 92 valence electrons. The lowest BCUT2D eigenvalue weighted by molar-refractivity contribution is 0.148. The molecule has 0 aliphatic carbocycles. The van der Waals surface area contributed by atoms with Crippen LogP contribution in [0, 0.1) is 0 Å². The Balaban J connectivity index is 3.74. The molecule has 0 fully saturated rings. The summed E-state index contributed by atoms with van der Waals surface area (Å²) in [6.07, 6.45) is 4.56. The first-order valence-electron chi connectivity index (χ1n) is 6.18. The second kappa shape index (κ2) is 9.49. The minimum atomic E-state index is -0.0263. The molecule has 0 amide bonds. The average molecular weight is 233 g/mol. The van der Waals surface area contributed by atoms with Gasteiger partial charge in [-0.05, 0) is 43.7 Å². The van der Waals surface area contributed by atoms with Crippen molar-refractivity contribution in [2.24, 2.45) is 0 Å². The zero-order valence-corrected chi connectivity index (χ0v) is 11.3. The van der Waals surface area contributed by atoms with E-state index < -0.39 is 0 Å². The van der Waals surface area contributed by atoms with Gasteiger partial charge in [-0.3, -0.25) is 0 Å². The van der Waals surface area contributed by atoms with Gasteiger partial charge in [-0.1, -0.05) is 20.8 Å². The summed E-state index contributed by atoms with van der Waals surface area (Å²) in [5, 5.41) is 12.9. The van der Waals surface area contributed by atoms with Gasteiger partial charge in [0, 0.05) is 5.54 Å². The van der Waals surface area contributed by atoms with Gasteiger partial charge in [-0.2, -0.15) is 11.8 Å². The molecular weight excluding hydrogens is 206 g/mol. The molecule has 1 unspecified atom stereocenters. The molecule has 0 aromatic rings. The summed E-state index contributed by atoms with van der Waals surface area (Å²) < 4.78 is 0. The zero-order chi connectivity index (χ0) is 11.6. The van der Waals surface area contributed by atoms with Gasteiger partial charge in [0.05, 0.1) is 6.61 Å². The summed E-state index contributed by atoms with van der Waals surface area (Å²) >= 11 is 2.02. The van der Waals surface area contributed by atoms with Gasteiger partial charge in [-0.15, -0.1) is 0 Å². The van der Waals surface area contributed by atoms with Crippen molar-refractivity contribution in [2.75, 3.05) is 24.7 Å². The van der Waals surface area contributed by atoms with Crippen LogP contribution in [0.25, 0.3) is 0 Å². The van der Waals surface area contributed by atoms with Crippen molar-refractivity contribution < 1.29 is 5.11 Å². The Hall–Kier alpha value is 0.270. The Labute approximate surface area is 99.2 Å². The molecule has 0 bridgehead atoms. The highest BCUT2D eigenvalue weighted by atomic mass is 32.2. The van der Waals surface area contributed by atoms with Crippen molar-refractivity contribution in [3.8, 4) is 0 Å². The van der Waals surface area contributed by atoms with Crippen LogP contribution in [0.5, 0.6) is 0 Å². The molecule has 0 radical (unpaired) electrons. The SMILES string of the molecule is CCCSCCCC(CC)(CO)NCC. The zero-order valence-electron chi connectivity index (χ0n) is 10.5. The fourth-order valence-corrected chi connectivity index (χ4v) is 2.61. The second-order valence-electron chi connectivity index (χ2n) is 4.04. The van der Waals surface area contributed by atoms with E-state index in [1.807, 2.05) is 11.8 Å². The van der Waals surface area contributed by atoms with Crippen molar-refractivity contribution in [3.63, 3.8) is 0 Å². The molecule has 0 aliphatic rings. The van der Waals surface area contributed by atoms with Crippen LogP contribution in [0.2, 0.25) is 0 Å². The van der Waals surface area contributed by atoms with E-state index in [9.17, 15) is 5.11 Å². The van der Waals surface area contributed by atoms with Crippen LogP contribution in [-0.2, 0) is 0 Å². The van der Waals surface area contributed by atoms with Crippen LogP contribution in [0.3, 0.4) is 0 Å². The lowest BCUT2D eigenvalue weighted by Crippen LogP contribution is -2.48. The maximum absolute atomic E-state index is 9.44. The molecule has 0 spiro atoms. The van der Waals surface area contributed by atoms with Crippen LogP contribution in [0.1, 0.15) is 46.5 Å². The molecule has 2 N–H and O–H groups in total. The third kappa shape index (κ3) is 6.44. The molecule has 0 rings (SSSR count). The maximum atomic E-state index is 9.44. The van der Waals surface area contributed by atoms with Gasteiger partial charge in [-0.25, -0.2) is 0 Å². The van der Waals surface area contributed by atoms with Gasteiger partial charge in [0.25, 0.3) is 0 Å². The third-order valence-corrected chi connectivity index (χ3v) is 4.10. The summed E-state index contributed by atoms with van der Waals surface area (Å²) in [7, 11) is 0. The van der Waals surface area contributed by atoms with E-state index in [2.05, 4.69) is 26.1 Å². The topological polar surface area (TPSA) is 32.3 Å². The Kier molecular flexibility index (Phi) is 9.66. The molecule has 0 aromatic carbocycles. The van der Waals surface area contributed by atoms with Crippen molar-refractivity contribution >= 4 is 11.8 Å². The number of nitrogens with one attached hydrogen (secondary N) is 1. The van der Waals surface area contributed by atoms with Crippen LogP contribution in [-0.4, -0.2) is 35.3 Å². The molecule has 15 heavy (non-hydrogen) atoms. The predicted molar refractivity (Wildman–Crippen MR) is 70.6 cm³/mol. The molecule has 1 atom stereocenters. The number of likely N-dealkylation sites (N-methyl/N-ethyl adjacent to an activating group) is 1. The van der Waals surface area contributed by atoms with Gasteiger partial charge in [0.1, 0.15) is 0 Å². The smallest absolute Gasteiger partial charge is 0.0613 e. The summed E-state index contributed by atoms with van der Waals surface area (Å²) in [6, 6.07) is 0. The number of thioether (sulfide) groups is 1. The molecule has 0 saturated heterocycles. The monoisotopic (exact) mass is 233 g/mol. The number of hydrogen-bond donors (Lipinski definition) is 2. The molecule has 0 aliphatic heterocycles. The number of rotatable bonds is 10. The summed E-state index contributed by atoms with van der Waals surface area (Å²) in [5.74, 6) is 2.49. The summed E-state index contributed by atoms with van der Waals surface area (Å²) in [5.41, 5.74) is -0.0263. The largest absolute Gasteiger partial charge is 0.394 e. The van der Waals surface area contributed by atoms with Crippen LogP contribution in [0.4, 0.5) is 0 Å². The van der Waals surface area contributed by atoms with Gasteiger partial charge < -0.3 is 10.4 Å². The second-order valence-corrected chi connectivity index (χ2v) is 5.26. The van der Waals surface area contributed by atoms with Crippen LogP contribution >= 0.6 is 11.8 Å². The van der Waals surface area contributed by atoms with E-state index in [0.717, 1.165) is 19.4 Å². The predicted octanol–water partition coefficient (Wildman–Crippen LogP) is 2.66. The number of hydrogen-bond acceptors (Lipinski definition) is 3. The highest BCUT2D eigenvalue weighted by Gasteiger charge is 2.24. The van der Waals surface area contributed by atoms with E-state index in [-0.39, 0.29) is 12.1 Å². The fourth-order valence-electron chi connectivity index (χ4n) is 1.77. The van der Waals surface area contributed by atoms with Crippen LogP contribution < -0.4 is 5.32 Å². The average Bonchev–Trinajstić information content (AvgIpc) is 2.27. The van der Waals surface area contributed by atoms with E-state index in [1.54, 1.807) is 0 Å². The molecule has 0 saturated carbocycles. The standard InChI is InChI=1S/C12H27NOS/c1-4-9-15-10-7-8-12(5-2,11-14)13-6-3/h13-14H,4-11H2,1-3H3. The maximum Gasteiger partial charge on any atom is 0.0613 e. The van der Waals surface area contributed by atoms with E-state index in [4.69, 9.17) is 0 Å². The molecule has 0 aromatic heterocycles. The van der Waals surface area contributed by atoms with Gasteiger partial charge in [0.15, 0.2) is 0 Å². The lowest BCUT2D eigenvalue weighted by atomic mass is 9.91. The van der Waals surface area contributed by atoms with Gasteiger partial charge >= 0.3 is 0 Å². The third-order valence-electron chi connectivity index (χ3n) is 2.82. The Bertz CT molecular complexity index is 138. The first-order valence-corrected chi connectivity index (χ1v) is 7.33. The fraction of sp³-hybridized carbons (Fsp3) is 1.00. The first kappa shape index (κ1) is 15.3. The normalized spacial score (nSPS) is 15.2. The number of aliphatic hydroxyl groups is 1. The van der Waals surface area contributed by atoms with Crippen molar-refractivity contribution in [1.82, 2.24) is 5.32 Å². The molecule has 0 heterocycles. The van der Waals surface area contributed by atoms with E-state index in [0.29, 0.717) is 0 Å². The Morgan fingerprint density at radius 2 is 1.93 bits per heavy atom. The Morgan fingerprint density at radius 3 is 2.40 bits per heavy atom. The first-order chi connectivity index (χ1) is 7.24. The van der Waals surface area contributed by atoms with Crippen molar-refractivity contribution in [2.45, 2.75) is 52.0 Å². The lowest BCUT2D eigenvalue weighted by Gasteiger charge is -2.31. The molecule has 3 heteroatoms. The molecule has 2 nitrogen and oxygen atoms in total. The molecular formula is C12H27NOS. The summed E-state index contributed by atoms with van der Waals surface area (Å²) in [6.45, 7) is 7.67. The van der Waals surface area contributed by atoms with Crippen LogP contribution in [0.15, 0.2) is 0 Å². The van der Waals surface area contributed by atoms with E-state index in [1.165, 1.54) is 24.3 Å². The number of aliphatic hydroxyl groups excluding tert-OH is 1. The van der Waals surface area contributed by atoms with Crippen molar-refractivity contribution in [3.05, 3.63) is 0 Å². The quantitative estimate of drug-likeness (QED) is 0.569. The minimum Gasteiger partial charge on any atom is -0.394 e. The highest BCUT2D eigenvalue weighted by molar-refractivity contribution is 7.99. The van der Waals surface area contributed by atoms with Gasteiger partial charge in [0.2, 0.25) is 0 Å². The minimum absolute atomic E-state index is 0.0263. The van der Waals surface area contributed by atoms with E-state index >= 15 is 0 Å². The van der Waals surface area contributed by atoms with Crippen molar-refractivity contribution in [1.29, 1.82) is 0 Å².